The topological polar surface area (TPSA) is 66.9 Å². The Bertz CT molecular complexity index is 595. The second-order valence-electron chi connectivity index (χ2n) is 7.42. The van der Waals surface area contributed by atoms with E-state index >= 15 is 0 Å². The van der Waals surface area contributed by atoms with Crippen LogP contribution in [0.3, 0.4) is 0 Å². The summed E-state index contributed by atoms with van der Waals surface area (Å²) < 4.78 is 42.6. The summed E-state index contributed by atoms with van der Waals surface area (Å²) in [5, 5.41) is 0. The lowest BCUT2D eigenvalue weighted by molar-refractivity contribution is -0.158. The smallest absolute Gasteiger partial charge is 0.406 e. The van der Waals surface area contributed by atoms with E-state index in [0.717, 1.165) is 25.7 Å². The minimum atomic E-state index is -4.50. The summed E-state index contributed by atoms with van der Waals surface area (Å²) >= 11 is 0. The van der Waals surface area contributed by atoms with Gasteiger partial charge in [0, 0.05) is 19.0 Å². The van der Waals surface area contributed by atoms with E-state index in [1.54, 1.807) is 0 Å². The van der Waals surface area contributed by atoms with Crippen molar-refractivity contribution >= 4 is 17.8 Å². The zero-order valence-corrected chi connectivity index (χ0v) is 14.6. The van der Waals surface area contributed by atoms with Crippen molar-refractivity contribution in [2.24, 2.45) is 11.8 Å². The summed E-state index contributed by atoms with van der Waals surface area (Å²) in [6.45, 7) is -1.60. The fraction of sp³-hybridized carbons (Fsp3) is 0.824. The number of rotatable bonds is 3. The first-order chi connectivity index (χ1) is 12.2. The number of amides is 2. The lowest BCUT2D eigenvalue weighted by Crippen LogP contribution is -2.49. The van der Waals surface area contributed by atoms with Crippen LogP contribution >= 0.6 is 0 Å². The number of carbonyl (C=O) groups excluding carboxylic acids is 3. The number of halogens is 3. The van der Waals surface area contributed by atoms with Crippen molar-refractivity contribution in [1.82, 2.24) is 9.80 Å². The van der Waals surface area contributed by atoms with Crippen molar-refractivity contribution in [3.63, 3.8) is 0 Å². The third kappa shape index (κ3) is 3.66. The predicted molar refractivity (Wildman–Crippen MR) is 83.8 cm³/mol. The van der Waals surface area contributed by atoms with E-state index in [-0.39, 0.29) is 24.9 Å². The van der Waals surface area contributed by atoms with Crippen LogP contribution in [-0.4, -0.2) is 66.0 Å². The van der Waals surface area contributed by atoms with Gasteiger partial charge in [-0.3, -0.25) is 9.59 Å². The van der Waals surface area contributed by atoms with Crippen molar-refractivity contribution in [2.45, 2.75) is 56.8 Å². The van der Waals surface area contributed by atoms with Gasteiger partial charge >= 0.3 is 12.1 Å². The Morgan fingerprint density at radius 3 is 2.58 bits per heavy atom. The largest absolute Gasteiger partial charge is 0.467 e. The fourth-order valence-electron chi connectivity index (χ4n) is 4.64. The van der Waals surface area contributed by atoms with Gasteiger partial charge in [0.05, 0.1) is 13.0 Å². The summed E-state index contributed by atoms with van der Waals surface area (Å²) in [5.41, 5.74) is 0. The molecule has 146 valence electrons. The first-order valence-electron chi connectivity index (χ1n) is 8.96. The van der Waals surface area contributed by atoms with Crippen LogP contribution in [0, 0.1) is 11.8 Å². The molecule has 3 aliphatic rings. The molecule has 0 N–H and O–H groups in total. The number of nitrogens with zero attached hydrogens (tertiary/aromatic N) is 2. The van der Waals surface area contributed by atoms with Crippen molar-refractivity contribution in [3.05, 3.63) is 0 Å². The predicted octanol–water partition coefficient (Wildman–Crippen LogP) is 1.73. The molecule has 1 aliphatic carbocycles. The first-order valence-corrected chi connectivity index (χ1v) is 8.96. The fourth-order valence-corrected chi connectivity index (χ4v) is 4.64. The molecule has 2 saturated heterocycles. The van der Waals surface area contributed by atoms with Crippen molar-refractivity contribution in [1.29, 1.82) is 0 Å². The summed E-state index contributed by atoms with van der Waals surface area (Å²) in [4.78, 5) is 39.3. The van der Waals surface area contributed by atoms with E-state index in [9.17, 15) is 27.6 Å². The van der Waals surface area contributed by atoms with Crippen molar-refractivity contribution < 1.29 is 32.3 Å². The van der Waals surface area contributed by atoms with Crippen LogP contribution in [0.5, 0.6) is 0 Å². The normalized spacial score (nSPS) is 31.9. The Labute approximate surface area is 149 Å². The molecular formula is C17H23F3N2O4. The van der Waals surface area contributed by atoms with E-state index in [0.29, 0.717) is 11.3 Å². The number of alkyl halides is 3. The zero-order chi connectivity index (χ0) is 19.1. The summed E-state index contributed by atoms with van der Waals surface area (Å²) in [5.74, 6) is -2.19. The van der Waals surface area contributed by atoms with Gasteiger partial charge in [-0.15, -0.1) is 0 Å². The Kier molecular flexibility index (Phi) is 5.16. The Morgan fingerprint density at radius 2 is 1.92 bits per heavy atom. The minimum absolute atomic E-state index is 0.0906. The molecule has 6 nitrogen and oxygen atoms in total. The molecule has 0 radical (unpaired) electrons. The molecule has 4 atom stereocenters. The molecule has 1 saturated carbocycles. The second kappa shape index (κ2) is 7.08. The van der Waals surface area contributed by atoms with E-state index in [1.807, 2.05) is 0 Å². The number of methoxy groups -OCH3 is 1. The number of carbonyl (C=O) groups is 3. The van der Waals surface area contributed by atoms with Gasteiger partial charge in [-0.25, -0.2) is 4.79 Å². The van der Waals surface area contributed by atoms with E-state index in [2.05, 4.69) is 0 Å². The molecule has 2 amide bonds. The average molecular weight is 376 g/mol. The molecule has 9 heteroatoms. The maximum Gasteiger partial charge on any atom is 0.406 e. The highest BCUT2D eigenvalue weighted by atomic mass is 19.4. The number of fused-ring (bicyclic) bond motifs is 1. The molecule has 2 aliphatic heterocycles. The molecule has 2 heterocycles. The summed E-state index contributed by atoms with van der Waals surface area (Å²) in [7, 11) is 1.26. The summed E-state index contributed by atoms with van der Waals surface area (Å²) in [6, 6.07) is -0.792. The van der Waals surface area contributed by atoms with E-state index in [4.69, 9.17) is 4.74 Å². The van der Waals surface area contributed by atoms with Gasteiger partial charge in [-0.2, -0.15) is 13.2 Å². The minimum Gasteiger partial charge on any atom is -0.467 e. The standard InChI is InChI=1S/C17H23F3N2O4/c1-26-16(25)13-6-10-4-2-3-5-12(10)22(13)15(24)11-7-14(23)21(8-11)9-17(18,19)20/h10-13H,2-9H2,1H3. The SMILES string of the molecule is COC(=O)C1CC2CCCCC2N1C(=O)C1CC(=O)N(CC(F)(F)F)C1. The third-order valence-electron chi connectivity index (χ3n) is 5.75. The van der Waals surface area contributed by atoms with Gasteiger partial charge in [0.15, 0.2) is 0 Å². The number of ether oxygens (including phenoxy) is 1. The molecule has 4 unspecified atom stereocenters. The van der Waals surface area contributed by atoms with Crippen LogP contribution in [0.2, 0.25) is 0 Å². The van der Waals surface area contributed by atoms with Gasteiger partial charge in [-0.1, -0.05) is 12.8 Å². The van der Waals surface area contributed by atoms with Gasteiger partial charge in [0.1, 0.15) is 12.6 Å². The highest BCUT2D eigenvalue weighted by Gasteiger charge is 2.51. The van der Waals surface area contributed by atoms with E-state index in [1.165, 1.54) is 12.0 Å². The van der Waals surface area contributed by atoms with Crippen LogP contribution in [-0.2, 0) is 19.1 Å². The van der Waals surface area contributed by atoms with Gasteiger partial charge in [0.2, 0.25) is 11.8 Å². The van der Waals surface area contributed by atoms with Crippen LogP contribution < -0.4 is 0 Å². The van der Waals surface area contributed by atoms with Crippen molar-refractivity contribution in [3.8, 4) is 0 Å². The molecule has 0 aromatic carbocycles. The average Bonchev–Trinajstić information content (AvgIpc) is 3.13. The van der Waals surface area contributed by atoms with Gasteiger partial charge in [-0.05, 0) is 25.2 Å². The highest BCUT2D eigenvalue weighted by molar-refractivity contribution is 5.92. The molecule has 3 rings (SSSR count). The Morgan fingerprint density at radius 1 is 1.23 bits per heavy atom. The monoisotopic (exact) mass is 376 g/mol. The maximum atomic E-state index is 13.0. The quantitative estimate of drug-likeness (QED) is 0.704. The molecule has 26 heavy (non-hydrogen) atoms. The van der Waals surface area contributed by atoms with Crippen LogP contribution in [0.25, 0.3) is 0 Å². The number of hydrogen-bond donors (Lipinski definition) is 0. The Hall–Kier alpha value is -1.80. The first kappa shape index (κ1) is 19.0. The molecule has 0 bridgehead atoms. The molecule has 3 fully saturated rings. The third-order valence-corrected chi connectivity index (χ3v) is 5.75. The number of esters is 1. The van der Waals surface area contributed by atoms with Crippen LogP contribution in [0.15, 0.2) is 0 Å². The second-order valence-corrected chi connectivity index (χ2v) is 7.42. The Balaban J connectivity index is 1.76. The molecule has 0 aromatic heterocycles. The molecular weight excluding hydrogens is 353 g/mol. The van der Waals surface area contributed by atoms with Crippen LogP contribution in [0.1, 0.15) is 38.5 Å². The zero-order valence-electron chi connectivity index (χ0n) is 14.6. The van der Waals surface area contributed by atoms with Gasteiger partial charge in [0.25, 0.3) is 0 Å². The molecule has 0 aromatic rings. The lowest BCUT2D eigenvalue weighted by atomic mass is 9.84. The van der Waals surface area contributed by atoms with Gasteiger partial charge < -0.3 is 14.5 Å². The van der Waals surface area contributed by atoms with Crippen molar-refractivity contribution in [2.75, 3.05) is 20.2 Å². The number of likely N-dealkylation sites (tertiary alicyclic amines) is 2. The molecule has 0 spiro atoms. The highest BCUT2D eigenvalue weighted by Crippen LogP contribution is 2.41. The number of hydrogen-bond acceptors (Lipinski definition) is 4. The maximum absolute atomic E-state index is 13.0. The van der Waals surface area contributed by atoms with E-state index < -0.39 is 42.5 Å². The lowest BCUT2D eigenvalue weighted by Gasteiger charge is -2.34. The summed E-state index contributed by atoms with van der Waals surface area (Å²) in [6.07, 6.45) is -0.527. The van der Waals surface area contributed by atoms with Crippen LogP contribution in [0.4, 0.5) is 13.2 Å².